The van der Waals surface area contributed by atoms with E-state index >= 15 is 0 Å². The highest BCUT2D eigenvalue weighted by molar-refractivity contribution is 7.99. The number of carboxylic acid groups (broad SMARTS) is 1. The van der Waals surface area contributed by atoms with Gasteiger partial charge in [0.2, 0.25) is 0 Å². The number of aryl methyl sites for hydroxylation is 1. The van der Waals surface area contributed by atoms with E-state index < -0.39 is 17.4 Å². The standard InChI is InChI=1S/C19H21N3O4S/c23-16(21-19(18(25)26)7-9-27-11-19)12-5-6-13-14(10-12)20-15-4-2-1-3-8-22(15)17(13)24/h5-6,10H,1-4,7-9,11H2,(H,21,23)(H,25,26). The number of hydrogen-bond acceptors (Lipinski definition) is 5. The van der Waals surface area contributed by atoms with Gasteiger partial charge in [0.15, 0.2) is 0 Å². The molecule has 1 saturated heterocycles. The minimum absolute atomic E-state index is 0.0712. The Morgan fingerprint density at radius 2 is 2.11 bits per heavy atom. The number of rotatable bonds is 3. The quantitative estimate of drug-likeness (QED) is 0.833. The van der Waals surface area contributed by atoms with E-state index in [1.807, 2.05) is 0 Å². The number of carboxylic acids is 1. The van der Waals surface area contributed by atoms with Crippen LogP contribution in [0.4, 0.5) is 0 Å². The molecule has 2 N–H and O–H groups in total. The summed E-state index contributed by atoms with van der Waals surface area (Å²) in [6.45, 7) is 0.679. The number of aromatic nitrogens is 2. The van der Waals surface area contributed by atoms with E-state index in [0.717, 1.165) is 31.5 Å². The van der Waals surface area contributed by atoms with Crippen LogP contribution in [0.3, 0.4) is 0 Å². The average molecular weight is 387 g/mol. The first kappa shape index (κ1) is 18.0. The van der Waals surface area contributed by atoms with Crippen molar-refractivity contribution in [3.8, 4) is 0 Å². The molecule has 3 heterocycles. The molecule has 0 aliphatic carbocycles. The smallest absolute Gasteiger partial charge is 0.330 e. The third-order valence-electron chi connectivity index (χ3n) is 5.36. The molecule has 142 valence electrons. The maximum Gasteiger partial charge on any atom is 0.330 e. The molecule has 0 spiro atoms. The summed E-state index contributed by atoms with van der Waals surface area (Å²) in [6, 6.07) is 4.78. The van der Waals surface area contributed by atoms with Crippen LogP contribution >= 0.6 is 11.8 Å². The van der Waals surface area contributed by atoms with Gasteiger partial charge >= 0.3 is 5.97 Å². The molecule has 4 rings (SSSR count). The van der Waals surface area contributed by atoms with Gasteiger partial charge in [0.25, 0.3) is 11.5 Å². The van der Waals surface area contributed by atoms with Crippen LogP contribution in [0.5, 0.6) is 0 Å². The Morgan fingerprint density at radius 3 is 2.85 bits per heavy atom. The van der Waals surface area contributed by atoms with Gasteiger partial charge < -0.3 is 10.4 Å². The fourth-order valence-electron chi connectivity index (χ4n) is 3.73. The zero-order valence-electron chi connectivity index (χ0n) is 14.9. The van der Waals surface area contributed by atoms with Crippen LogP contribution in [0.1, 0.15) is 41.9 Å². The van der Waals surface area contributed by atoms with Crippen LogP contribution in [-0.4, -0.2) is 43.6 Å². The Morgan fingerprint density at radius 1 is 1.26 bits per heavy atom. The van der Waals surface area contributed by atoms with Crippen LogP contribution in [0.25, 0.3) is 10.9 Å². The van der Waals surface area contributed by atoms with Crippen molar-refractivity contribution in [2.24, 2.45) is 0 Å². The lowest BCUT2D eigenvalue weighted by atomic mass is 9.98. The average Bonchev–Trinajstić information content (AvgIpc) is 3.00. The van der Waals surface area contributed by atoms with Gasteiger partial charge in [0, 0.05) is 24.3 Å². The summed E-state index contributed by atoms with van der Waals surface area (Å²) in [5, 5.41) is 12.7. The molecule has 1 unspecified atom stereocenters. The number of amides is 1. The number of nitrogens with one attached hydrogen (secondary N) is 1. The zero-order chi connectivity index (χ0) is 19.0. The predicted molar refractivity (Wildman–Crippen MR) is 103 cm³/mol. The Balaban J connectivity index is 1.70. The molecule has 1 amide bonds. The van der Waals surface area contributed by atoms with Crippen molar-refractivity contribution in [1.82, 2.24) is 14.9 Å². The molecule has 8 heteroatoms. The van der Waals surface area contributed by atoms with E-state index in [9.17, 15) is 19.5 Å². The number of fused-ring (bicyclic) bond motifs is 2. The van der Waals surface area contributed by atoms with Gasteiger partial charge in [-0.25, -0.2) is 9.78 Å². The summed E-state index contributed by atoms with van der Waals surface area (Å²) < 4.78 is 1.74. The van der Waals surface area contributed by atoms with Crippen LogP contribution in [0.15, 0.2) is 23.0 Å². The predicted octanol–water partition coefficient (Wildman–Crippen LogP) is 1.81. The maximum atomic E-state index is 12.8. The molecule has 0 saturated carbocycles. The van der Waals surface area contributed by atoms with E-state index in [1.54, 1.807) is 22.8 Å². The van der Waals surface area contributed by atoms with Crippen molar-refractivity contribution in [3.05, 3.63) is 39.9 Å². The number of hydrogen-bond donors (Lipinski definition) is 2. The van der Waals surface area contributed by atoms with E-state index in [-0.39, 0.29) is 5.56 Å². The van der Waals surface area contributed by atoms with E-state index in [2.05, 4.69) is 10.3 Å². The first-order valence-corrected chi connectivity index (χ1v) is 10.3. The lowest BCUT2D eigenvalue weighted by Gasteiger charge is -2.24. The molecule has 2 aliphatic heterocycles. The molecule has 1 aromatic carbocycles. The highest BCUT2D eigenvalue weighted by Gasteiger charge is 2.43. The highest BCUT2D eigenvalue weighted by Crippen LogP contribution is 2.29. The molecule has 7 nitrogen and oxygen atoms in total. The van der Waals surface area contributed by atoms with Gasteiger partial charge in [-0.05, 0) is 43.2 Å². The number of aliphatic carboxylic acids is 1. The van der Waals surface area contributed by atoms with Gasteiger partial charge in [0.05, 0.1) is 10.9 Å². The van der Waals surface area contributed by atoms with Gasteiger partial charge in [-0.2, -0.15) is 11.8 Å². The Labute approximate surface area is 160 Å². The normalized spacial score (nSPS) is 22.2. The Bertz CT molecular complexity index is 979. The second-order valence-corrected chi connectivity index (χ2v) is 8.28. The Kier molecular flexibility index (Phi) is 4.67. The van der Waals surface area contributed by atoms with Gasteiger partial charge in [-0.3, -0.25) is 14.2 Å². The minimum Gasteiger partial charge on any atom is -0.479 e. The highest BCUT2D eigenvalue weighted by atomic mass is 32.2. The molecular formula is C19H21N3O4S. The van der Waals surface area contributed by atoms with Crippen molar-refractivity contribution in [3.63, 3.8) is 0 Å². The molecule has 2 aliphatic rings. The molecule has 2 aromatic rings. The van der Waals surface area contributed by atoms with Crippen LogP contribution in [0, 0.1) is 0 Å². The summed E-state index contributed by atoms with van der Waals surface area (Å²) in [4.78, 5) is 41.7. The van der Waals surface area contributed by atoms with Crippen LogP contribution in [0.2, 0.25) is 0 Å². The SMILES string of the molecule is O=C(NC1(C(=O)O)CCSC1)c1ccc2c(=O)n3c(nc2c1)CCCCC3. The fraction of sp³-hybridized carbons (Fsp3) is 0.474. The zero-order valence-corrected chi connectivity index (χ0v) is 15.7. The number of nitrogens with zero attached hydrogens (tertiary/aromatic N) is 2. The number of carbonyl (C=O) groups excluding carboxylic acids is 1. The molecule has 1 aromatic heterocycles. The summed E-state index contributed by atoms with van der Waals surface area (Å²) in [6.07, 6.45) is 4.19. The molecule has 0 radical (unpaired) electrons. The fourth-order valence-corrected chi connectivity index (χ4v) is 5.06. The number of carbonyl (C=O) groups is 2. The van der Waals surface area contributed by atoms with Crippen LogP contribution < -0.4 is 10.9 Å². The number of benzene rings is 1. The molecule has 1 atom stereocenters. The first-order valence-electron chi connectivity index (χ1n) is 9.17. The van der Waals surface area contributed by atoms with Crippen molar-refractivity contribution < 1.29 is 14.7 Å². The van der Waals surface area contributed by atoms with Crippen molar-refractivity contribution in [2.45, 2.75) is 44.2 Å². The summed E-state index contributed by atoms with van der Waals surface area (Å²) in [7, 11) is 0. The van der Waals surface area contributed by atoms with E-state index in [0.29, 0.717) is 40.9 Å². The lowest BCUT2D eigenvalue weighted by molar-refractivity contribution is -0.143. The monoisotopic (exact) mass is 387 g/mol. The maximum absolute atomic E-state index is 12.8. The molecule has 27 heavy (non-hydrogen) atoms. The Hall–Kier alpha value is -2.35. The van der Waals surface area contributed by atoms with E-state index in [4.69, 9.17) is 0 Å². The number of thioether (sulfide) groups is 1. The van der Waals surface area contributed by atoms with Gasteiger partial charge in [0.1, 0.15) is 11.4 Å². The lowest BCUT2D eigenvalue weighted by Crippen LogP contribution is -2.54. The second kappa shape index (κ2) is 6.99. The summed E-state index contributed by atoms with van der Waals surface area (Å²) >= 11 is 1.52. The van der Waals surface area contributed by atoms with Crippen LogP contribution in [-0.2, 0) is 17.8 Å². The minimum atomic E-state index is -1.22. The summed E-state index contributed by atoms with van der Waals surface area (Å²) in [5.74, 6) is 0.363. The molecular weight excluding hydrogens is 366 g/mol. The summed E-state index contributed by atoms with van der Waals surface area (Å²) in [5.41, 5.74) is -0.480. The van der Waals surface area contributed by atoms with Crippen molar-refractivity contribution in [1.29, 1.82) is 0 Å². The van der Waals surface area contributed by atoms with E-state index in [1.165, 1.54) is 11.8 Å². The third-order valence-corrected chi connectivity index (χ3v) is 6.55. The van der Waals surface area contributed by atoms with Crippen molar-refractivity contribution >= 4 is 34.5 Å². The van der Waals surface area contributed by atoms with Gasteiger partial charge in [-0.15, -0.1) is 0 Å². The second-order valence-electron chi connectivity index (χ2n) is 7.17. The van der Waals surface area contributed by atoms with Gasteiger partial charge in [-0.1, -0.05) is 6.42 Å². The molecule has 1 fully saturated rings. The topological polar surface area (TPSA) is 101 Å². The largest absolute Gasteiger partial charge is 0.479 e. The molecule has 0 bridgehead atoms. The van der Waals surface area contributed by atoms with Crippen molar-refractivity contribution in [2.75, 3.05) is 11.5 Å². The first-order chi connectivity index (χ1) is 13.0. The third kappa shape index (κ3) is 3.22.